The smallest absolute Gasteiger partial charge is 0.220 e. The Bertz CT molecular complexity index is 239. The van der Waals surface area contributed by atoms with E-state index in [2.05, 4.69) is 5.32 Å². The molecule has 0 saturated carbocycles. The van der Waals surface area contributed by atoms with Crippen LogP contribution in [-0.4, -0.2) is 24.0 Å². The summed E-state index contributed by atoms with van der Waals surface area (Å²) in [4.78, 5) is 32.7. The van der Waals surface area contributed by atoms with Gasteiger partial charge in [0.1, 0.15) is 5.78 Å². The summed E-state index contributed by atoms with van der Waals surface area (Å²) < 4.78 is 0. The van der Waals surface area contributed by atoms with Crippen molar-refractivity contribution in [3.63, 3.8) is 0 Å². The van der Waals surface area contributed by atoms with Crippen LogP contribution in [0.15, 0.2) is 0 Å². The highest BCUT2D eigenvalue weighted by molar-refractivity contribution is 5.88. The van der Waals surface area contributed by atoms with Gasteiger partial charge in [-0.3, -0.25) is 9.59 Å². The van der Waals surface area contributed by atoms with Crippen LogP contribution in [0.1, 0.15) is 35.0 Å². The molecule has 0 aromatic rings. The van der Waals surface area contributed by atoms with Crippen molar-refractivity contribution in [1.29, 1.82) is 0 Å². The molecule has 0 aliphatic heterocycles. The lowest BCUT2D eigenvalue weighted by Crippen LogP contribution is -2.31. The molecular formula is C10H19NO3. The van der Waals surface area contributed by atoms with E-state index in [1.54, 1.807) is 13.8 Å². The van der Waals surface area contributed by atoms with Gasteiger partial charge in [-0.1, -0.05) is 13.8 Å². The van der Waals surface area contributed by atoms with Crippen LogP contribution in [0.5, 0.6) is 0 Å². The van der Waals surface area contributed by atoms with Crippen molar-refractivity contribution < 1.29 is 15.8 Å². The molecule has 0 aromatic heterocycles. The molecule has 0 saturated heterocycles. The van der Waals surface area contributed by atoms with E-state index < -0.39 is 0 Å². The summed E-state index contributed by atoms with van der Waals surface area (Å²) in [7, 11) is 0. The predicted octanol–water partition coefficient (Wildman–Crippen LogP) is 0.943. The van der Waals surface area contributed by atoms with Gasteiger partial charge < -0.3 is 10.1 Å². The number of carbonyl (C=O) groups excluding carboxylic acids is 3. The van der Waals surface area contributed by atoms with Gasteiger partial charge in [0, 0.05) is 20.2 Å². The maximum atomic E-state index is 11.1. The van der Waals surface area contributed by atoms with Gasteiger partial charge in [-0.2, -0.15) is 0 Å². The molecule has 1 N–H and O–H groups in total. The van der Waals surface area contributed by atoms with E-state index in [0.717, 1.165) is 0 Å². The highest BCUT2D eigenvalue weighted by Crippen LogP contribution is 1.93. The van der Waals surface area contributed by atoms with Crippen LogP contribution in [0, 0.1) is 5.92 Å². The van der Waals surface area contributed by atoms with Crippen molar-refractivity contribution in [1.82, 2.24) is 5.32 Å². The van der Waals surface area contributed by atoms with Crippen molar-refractivity contribution in [3.05, 3.63) is 0 Å². The van der Waals surface area contributed by atoms with Gasteiger partial charge in [-0.15, -0.1) is 0 Å². The first-order chi connectivity index (χ1) is 6.43. The van der Waals surface area contributed by atoms with Crippen molar-refractivity contribution in [2.75, 3.05) is 6.54 Å². The summed E-state index contributed by atoms with van der Waals surface area (Å²) >= 11 is 0. The molecule has 0 heterocycles. The number of hydrogen-bond acceptors (Lipinski definition) is 3. The van der Waals surface area contributed by atoms with Crippen LogP contribution >= 0.6 is 0 Å². The molecular weight excluding hydrogens is 182 g/mol. The zero-order valence-electron chi connectivity index (χ0n) is 8.92. The number of Topliss-reactive ketones (excluding diaryl/α,β-unsaturated/α-hetero) is 2. The standard InChI is InChI=1S/C10H17NO3.H2/c1-7(2)9(13)6-11-10(14)5-4-8(3)12;/h7H,4-6H2,1-3H3,(H,11,14);1H. The van der Waals surface area contributed by atoms with Gasteiger partial charge in [0.2, 0.25) is 5.91 Å². The van der Waals surface area contributed by atoms with E-state index >= 15 is 0 Å². The summed E-state index contributed by atoms with van der Waals surface area (Å²) in [6.45, 7) is 5.06. The fourth-order valence-corrected chi connectivity index (χ4v) is 0.768. The van der Waals surface area contributed by atoms with Crippen molar-refractivity contribution in [2.45, 2.75) is 33.6 Å². The number of nitrogens with one attached hydrogen (secondary N) is 1. The van der Waals surface area contributed by atoms with Gasteiger partial charge in [-0.05, 0) is 6.92 Å². The third kappa shape index (κ3) is 6.34. The molecule has 0 aliphatic carbocycles. The fourth-order valence-electron chi connectivity index (χ4n) is 0.768. The monoisotopic (exact) mass is 201 g/mol. The maximum Gasteiger partial charge on any atom is 0.220 e. The number of ketones is 2. The normalized spacial score (nSPS) is 10.0. The van der Waals surface area contributed by atoms with Crippen LogP contribution < -0.4 is 5.32 Å². The van der Waals surface area contributed by atoms with E-state index in [4.69, 9.17) is 0 Å². The van der Waals surface area contributed by atoms with Crippen LogP contribution in [-0.2, 0) is 14.4 Å². The summed E-state index contributed by atoms with van der Waals surface area (Å²) in [6, 6.07) is 0. The summed E-state index contributed by atoms with van der Waals surface area (Å²) in [6.07, 6.45) is 0.405. The predicted molar refractivity (Wildman–Crippen MR) is 54.9 cm³/mol. The largest absolute Gasteiger partial charge is 0.349 e. The number of amides is 1. The van der Waals surface area contributed by atoms with Crippen molar-refractivity contribution in [2.24, 2.45) is 5.92 Å². The summed E-state index contributed by atoms with van der Waals surface area (Å²) in [5.41, 5.74) is 0. The third-order valence-corrected chi connectivity index (χ3v) is 1.81. The van der Waals surface area contributed by atoms with Crippen LogP contribution in [0.2, 0.25) is 0 Å². The number of hydrogen-bond donors (Lipinski definition) is 1. The number of rotatable bonds is 6. The van der Waals surface area contributed by atoms with Gasteiger partial charge in [0.15, 0.2) is 5.78 Å². The molecule has 0 bridgehead atoms. The van der Waals surface area contributed by atoms with Crippen LogP contribution in [0.25, 0.3) is 0 Å². The molecule has 0 rings (SSSR count). The van der Waals surface area contributed by atoms with Crippen LogP contribution in [0.3, 0.4) is 0 Å². The minimum absolute atomic E-state index is 0. The zero-order chi connectivity index (χ0) is 11.1. The second kappa shape index (κ2) is 6.29. The molecule has 0 atom stereocenters. The molecule has 82 valence electrons. The molecule has 0 aliphatic rings. The topological polar surface area (TPSA) is 63.2 Å². The Balaban J connectivity index is 0. The molecule has 0 radical (unpaired) electrons. The molecule has 4 nitrogen and oxygen atoms in total. The first-order valence-electron chi connectivity index (χ1n) is 4.72. The average molecular weight is 201 g/mol. The lowest BCUT2D eigenvalue weighted by atomic mass is 10.1. The Morgan fingerprint density at radius 3 is 2.21 bits per heavy atom. The maximum absolute atomic E-state index is 11.1. The highest BCUT2D eigenvalue weighted by Gasteiger charge is 2.09. The van der Waals surface area contributed by atoms with E-state index in [-0.39, 0.29) is 44.2 Å². The van der Waals surface area contributed by atoms with Gasteiger partial charge in [0.25, 0.3) is 0 Å². The Hall–Kier alpha value is -1.19. The quantitative estimate of drug-likeness (QED) is 0.695. The highest BCUT2D eigenvalue weighted by atomic mass is 16.2. The lowest BCUT2D eigenvalue weighted by molar-refractivity contribution is -0.127. The van der Waals surface area contributed by atoms with Gasteiger partial charge >= 0.3 is 0 Å². The Morgan fingerprint density at radius 1 is 1.21 bits per heavy atom. The Kier molecular flexibility index (Phi) is 5.76. The summed E-state index contributed by atoms with van der Waals surface area (Å²) in [5, 5.41) is 2.48. The van der Waals surface area contributed by atoms with Crippen molar-refractivity contribution in [3.8, 4) is 0 Å². The minimum atomic E-state index is -0.241. The van der Waals surface area contributed by atoms with Crippen molar-refractivity contribution >= 4 is 17.5 Å². The fraction of sp³-hybridized carbons (Fsp3) is 0.700. The van der Waals surface area contributed by atoms with E-state index in [1.807, 2.05) is 0 Å². The molecule has 0 spiro atoms. The summed E-state index contributed by atoms with van der Waals surface area (Å²) in [5.74, 6) is -0.325. The molecule has 14 heavy (non-hydrogen) atoms. The molecule has 0 unspecified atom stereocenters. The zero-order valence-corrected chi connectivity index (χ0v) is 8.92. The van der Waals surface area contributed by atoms with Gasteiger partial charge in [-0.25, -0.2) is 0 Å². The third-order valence-electron chi connectivity index (χ3n) is 1.81. The first-order valence-corrected chi connectivity index (χ1v) is 4.72. The Labute approximate surface area is 85.5 Å². The Morgan fingerprint density at radius 2 is 1.79 bits per heavy atom. The second-order valence-electron chi connectivity index (χ2n) is 3.60. The second-order valence-corrected chi connectivity index (χ2v) is 3.60. The van der Waals surface area contributed by atoms with E-state index in [9.17, 15) is 14.4 Å². The minimum Gasteiger partial charge on any atom is -0.349 e. The SMILES string of the molecule is CC(=O)CCC(=O)NCC(=O)C(C)C.[HH]. The van der Waals surface area contributed by atoms with E-state index in [0.29, 0.717) is 0 Å². The molecule has 0 aromatic carbocycles. The average Bonchev–Trinajstić information content (AvgIpc) is 2.10. The molecule has 1 amide bonds. The molecule has 0 fully saturated rings. The molecule has 4 heteroatoms. The lowest BCUT2D eigenvalue weighted by Gasteiger charge is -2.05. The number of carbonyl (C=O) groups is 3. The first kappa shape index (κ1) is 12.8. The van der Waals surface area contributed by atoms with Crippen LogP contribution in [0.4, 0.5) is 0 Å². The van der Waals surface area contributed by atoms with Gasteiger partial charge in [0.05, 0.1) is 6.54 Å². The van der Waals surface area contributed by atoms with E-state index in [1.165, 1.54) is 6.92 Å².